The highest BCUT2D eigenvalue weighted by Gasteiger charge is 2.15. The van der Waals surface area contributed by atoms with E-state index in [0.717, 1.165) is 11.3 Å². The van der Waals surface area contributed by atoms with Gasteiger partial charge in [-0.3, -0.25) is 4.79 Å². The zero-order valence-corrected chi connectivity index (χ0v) is 19.0. The summed E-state index contributed by atoms with van der Waals surface area (Å²) in [6.07, 6.45) is 1.54. The van der Waals surface area contributed by atoms with E-state index in [1.165, 1.54) is 6.08 Å². The van der Waals surface area contributed by atoms with Crippen molar-refractivity contribution in [3.63, 3.8) is 0 Å². The molecule has 1 N–H and O–H groups in total. The molecule has 0 saturated carbocycles. The lowest BCUT2D eigenvalue weighted by Crippen LogP contribution is -2.30. The third-order valence-electron chi connectivity index (χ3n) is 3.94. The molecule has 29 heavy (non-hydrogen) atoms. The summed E-state index contributed by atoms with van der Waals surface area (Å²) in [7, 11) is 0. The first-order chi connectivity index (χ1) is 13.9. The number of fused-ring (bicyclic) bond motifs is 1. The van der Waals surface area contributed by atoms with Gasteiger partial charge in [-0.2, -0.15) is 5.26 Å². The number of nitrogens with one attached hydrogen (secondary N) is 1. The lowest BCUT2D eigenvalue weighted by atomic mass is 10.1. The molecule has 0 fully saturated rings. The Morgan fingerprint density at radius 3 is 2.59 bits per heavy atom. The number of benzene rings is 2. The van der Waals surface area contributed by atoms with E-state index in [2.05, 4.69) is 37.2 Å². The molecule has 0 radical (unpaired) electrons. The molecule has 150 valence electrons. The fourth-order valence-electron chi connectivity index (χ4n) is 2.64. The predicted octanol–water partition coefficient (Wildman–Crippen LogP) is 4.95. The highest BCUT2D eigenvalue weighted by atomic mass is 79.9. The van der Waals surface area contributed by atoms with E-state index in [-0.39, 0.29) is 18.4 Å². The number of amides is 1. The van der Waals surface area contributed by atoms with Gasteiger partial charge in [0, 0.05) is 6.04 Å². The van der Waals surface area contributed by atoms with E-state index in [0.29, 0.717) is 32.6 Å². The van der Waals surface area contributed by atoms with Gasteiger partial charge in [-0.1, -0.05) is 6.07 Å². The van der Waals surface area contributed by atoms with Gasteiger partial charge in [0.15, 0.2) is 11.5 Å². The third kappa shape index (κ3) is 5.31. The van der Waals surface area contributed by atoms with Crippen LogP contribution in [0.25, 0.3) is 6.08 Å². The fraction of sp³-hybridized carbons (Fsp3) is 0.238. The zero-order chi connectivity index (χ0) is 21.0. The summed E-state index contributed by atoms with van der Waals surface area (Å²) in [5.41, 5.74) is 1.66. The Balaban J connectivity index is 1.76. The van der Waals surface area contributed by atoms with Crippen molar-refractivity contribution < 1.29 is 19.0 Å². The van der Waals surface area contributed by atoms with Crippen LogP contribution < -0.4 is 19.5 Å². The first-order valence-electron chi connectivity index (χ1n) is 8.80. The second-order valence-corrected chi connectivity index (χ2v) is 8.30. The molecule has 0 saturated heterocycles. The Morgan fingerprint density at radius 1 is 1.24 bits per heavy atom. The van der Waals surface area contributed by atoms with Crippen molar-refractivity contribution in [3.05, 3.63) is 56.0 Å². The standard InChI is InChI=1S/C21H18Br2N2O4/c1-12(2)25-21(26)15(9-24)5-14-6-16(22)20(17(23)7-14)27-10-13-3-4-18-19(8-13)29-11-28-18/h3-8,12H,10-11H2,1-2H3,(H,25,26)/b15-5-. The summed E-state index contributed by atoms with van der Waals surface area (Å²) in [6.45, 7) is 4.24. The second kappa shape index (κ2) is 9.33. The van der Waals surface area contributed by atoms with Gasteiger partial charge in [0.2, 0.25) is 6.79 Å². The maximum atomic E-state index is 12.1. The number of ether oxygens (including phenoxy) is 3. The van der Waals surface area contributed by atoms with Gasteiger partial charge in [-0.25, -0.2) is 0 Å². The Hall–Kier alpha value is -2.50. The molecule has 0 aliphatic carbocycles. The maximum absolute atomic E-state index is 12.1. The monoisotopic (exact) mass is 520 g/mol. The van der Waals surface area contributed by atoms with Gasteiger partial charge < -0.3 is 19.5 Å². The van der Waals surface area contributed by atoms with Gasteiger partial charge in [0.05, 0.1) is 8.95 Å². The van der Waals surface area contributed by atoms with Crippen LogP contribution in [0.2, 0.25) is 0 Å². The Bertz CT molecular complexity index is 989. The second-order valence-electron chi connectivity index (χ2n) is 6.59. The summed E-state index contributed by atoms with van der Waals surface area (Å²) < 4.78 is 18.0. The van der Waals surface area contributed by atoms with Crippen molar-refractivity contribution in [1.82, 2.24) is 5.32 Å². The van der Waals surface area contributed by atoms with Crippen LogP contribution in [0.3, 0.4) is 0 Å². The van der Waals surface area contributed by atoms with Gasteiger partial charge in [0.25, 0.3) is 5.91 Å². The molecular formula is C21H18Br2N2O4. The van der Waals surface area contributed by atoms with E-state index in [1.807, 2.05) is 38.1 Å². The molecule has 0 unspecified atom stereocenters. The van der Waals surface area contributed by atoms with Crippen molar-refractivity contribution in [3.8, 4) is 23.3 Å². The van der Waals surface area contributed by atoms with Crippen molar-refractivity contribution in [2.45, 2.75) is 26.5 Å². The molecule has 0 bridgehead atoms. The number of nitrogens with zero attached hydrogens (tertiary/aromatic N) is 1. The molecule has 1 amide bonds. The molecule has 8 heteroatoms. The third-order valence-corrected chi connectivity index (χ3v) is 5.11. The van der Waals surface area contributed by atoms with Crippen LogP contribution in [-0.2, 0) is 11.4 Å². The molecule has 0 atom stereocenters. The summed E-state index contributed by atoms with van der Waals surface area (Å²) >= 11 is 7.00. The largest absolute Gasteiger partial charge is 0.487 e. The molecule has 6 nitrogen and oxygen atoms in total. The smallest absolute Gasteiger partial charge is 0.262 e. The van der Waals surface area contributed by atoms with E-state index >= 15 is 0 Å². The number of hydrogen-bond acceptors (Lipinski definition) is 5. The van der Waals surface area contributed by atoms with E-state index in [1.54, 1.807) is 12.1 Å². The molecule has 1 aliphatic heterocycles. The Morgan fingerprint density at radius 2 is 1.93 bits per heavy atom. The first-order valence-corrected chi connectivity index (χ1v) is 10.4. The molecule has 0 spiro atoms. The van der Waals surface area contributed by atoms with Crippen molar-refractivity contribution in [1.29, 1.82) is 5.26 Å². The number of nitriles is 1. The minimum Gasteiger partial charge on any atom is -0.487 e. The zero-order valence-electron chi connectivity index (χ0n) is 15.8. The summed E-state index contributed by atoms with van der Waals surface area (Å²) in [5, 5.41) is 12.0. The summed E-state index contributed by atoms with van der Waals surface area (Å²) in [4.78, 5) is 12.1. The average Bonchev–Trinajstić information content (AvgIpc) is 3.12. The van der Waals surface area contributed by atoms with Gasteiger partial charge in [-0.05, 0) is 87.2 Å². The van der Waals surface area contributed by atoms with Gasteiger partial charge in [-0.15, -0.1) is 0 Å². The van der Waals surface area contributed by atoms with E-state index in [9.17, 15) is 10.1 Å². The van der Waals surface area contributed by atoms with Crippen molar-refractivity contribution >= 4 is 43.8 Å². The number of carbonyl (C=O) groups excluding carboxylic acids is 1. The first kappa shape index (κ1) is 21.2. The SMILES string of the molecule is CC(C)NC(=O)/C(C#N)=C\c1cc(Br)c(OCc2ccc3c(c2)OCO3)c(Br)c1. The van der Waals surface area contributed by atoms with Crippen LogP contribution in [0, 0.1) is 11.3 Å². The highest BCUT2D eigenvalue weighted by Crippen LogP contribution is 2.37. The van der Waals surface area contributed by atoms with Crippen molar-refractivity contribution in [2.75, 3.05) is 6.79 Å². The minimum absolute atomic E-state index is 0.0338. The Kier molecular flexibility index (Phi) is 6.83. The minimum atomic E-state index is -0.405. The molecule has 2 aromatic rings. The normalized spacial score (nSPS) is 12.6. The number of carbonyl (C=O) groups is 1. The van der Waals surface area contributed by atoms with Crippen LogP contribution in [-0.4, -0.2) is 18.7 Å². The average molecular weight is 522 g/mol. The van der Waals surface area contributed by atoms with Crippen LogP contribution in [0.5, 0.6) is 17.2 Å². The van der Waals surface area contributed by atoms with Crippen molar-refractivity contribution in [2.24, 2.45) is 0 Å². The van der Waals surface area contributed by atoms with Gasteiger partial charge in [0.1, 0.15) is 24.0 Å². The Labute approximate surface area is 185 Å². The maximum Gasteiger partial charge on any atom is 0.262 e. The molecule has 3 rings (SSSR count). The number of hydrogen-bond donors (Lipinski definition) is 1. The van der Waals surface area contributed by atoms with Gasteiger partial charge >= 0.3 is 0 Å². The van der Waals surface area contributed by atoms with Crippen LogP contribution >= 0.6 is 31.9 Å². The van der Waals surface area contributed by atoms with Crippen LogP contribution in [0.4, 0.5) is 0 Å². The number of halogens is 2. The molecule has 0 aromatic heterocycles. The van der Waals surface area contributed by atoms with E-state index < -0.39 is 5.91 Å². The lowest BCUT2D eigenvalue weighted by molar-refractivity contribution is -0.117. The summed E-state index contributed by atoms with van der Waals surface area (Å²) in [5.74, 6) is 1.64. The molecule has 1 heterocycles. The topological polar surface area (TPSA) is 80.6 Å². The predicted molar refractivity (Wildman–Crippen MR) is 116 cm³/mol. The van der Waals surface area contributed by atoms with E-state index in [4.69, 9.17) is 14.2 Å². The molecular weight excluding hydrogens is 504 g/mol. The highest BCUT2D eigenvalue weighted by molar-refractivity contribution is 9.11. The molecule has 1 aliphatic rings. The summed E-state index contributed by atoms with van der Waals surface area (Å²) in [6, 6.07) is 11.1. The van der Waals surface area contributed by atoms with Crippen LogP contribution in [0.1, 0.15) is 25.0 Å². The van der Waals surface area contributed by atoms with Crippen LogP contribution in [0.15, 0.2) is 44.9 Å². The molecule has 2 aromatic carbocycles. The fourth-order valence-corrected chi connectivity index (χ4v) is 4.09. The quantitative estimate of drug-likeness (QED) is 0.429. The number of rotatable bonds is 6. The lowest BCUT2D eigenvalue weighted by Gasteiger charge is -2.12.